The molecule has 0 spiro atoms. The number of nitriles is 1. The first-order chi connectivity index (χ1) is 12.1. The van der Waals surface area contributed by atoms with E-state index in [1.54, 1.807) is 0 Å². The lowest BCUT2D eigenvalue weighted by molar-refractivity contribution is -0.112. The Kier molecular flexibility index (Phi) is 10.0. The molecule has 0 aliphatic carbocycles. The maximum absolute atomic E-state index is 12.1. The number of unbranched alkanes of at least 4 members (excludes halogenated alkanes) is 1. The summed E-state index contributed by atoms with van der Waals surface area (Å²) in [5, 5.41) is 14.9. The number of hydrogen-bond donors (Lipinski definition) is 2. The fraction of sp³-hybridized carbons (Fsp3) is 0.500. The first kappa shape index (κ1) is 20.7. The molecule has 1 aromatic rings. The normalized spacial score (nSPS) is 11.2. The summed E-state index contributed by atoms with van der Waals surface area (Å²) in [5.41, 5.74) is 2.00. The summed E-state index contributed by atoms with van der Waals surface area (Å²) < 4.78 is 5.43. The van der Waals surface area contributed by atoms with E-state index in [-0.39, 0.29) is 11.7 Å². The van der Waals surface area contributed by atoms with Crippen molar-refractivity contribution in [1.82, 2.24) is 5.32 Å². The van der Waals surface area contributed by atoms with Crippen LogP contribution >= 0.6 is 0 Å². The fourth-order valence-electron chi connectivity index (χ4n) is 2.15. The minimum absolute atomic E-state index is 0.0554. The predicted molar refractivity (Wildman–Crippen MR) is 101 cm³/mol. The smallest absolute Gasteiger partial charge is 0.267 e. The van der Waals surface area contributed by atoms with Crippen LogP contribution in [0.25, 0.3) is 0 Å². The van der Waals surface area contributed by atoms with Crippen LogP contribution in [0.15, 0.2) is 36.0 Å². The molecule has 0 atom stereocenters. The third kappa shape index (κ3) is 8.92. The van der Waals surface area contributed by atoms with Gasteiger partial charge in [0.05, 0.1) is 6.10 Å². The number of ether oxygens (including phenoxy) is 1. The molecule has 2 N–H and O–H groups in total. The molecule has 136 valence electrons. The maximum Gasteiger partial charge on any atom is 0.267 e. The molecule has 0 unspecified atom stereocenters. The van der Waals surface area contributed by atoms with Crippen LogP contribution in [0.2, 0.25) is 0 Å². The number of nitrogens with zero attached hydrogens (tertiary/aromatic N) is 1. The van der Waals surface area contributed by atoms with Gasteiger partial charge in [0.1, 0.15) is 11.6 Å². The van der Waals surface area contributed by atoms with Crippen molar-refractivity contribution in [2.45, 2.75) is 52.6 Å². The van der Waals surface area contributed by atoms with Gasteiger partial charge in [-0.25, -0.2) is 0 Å². The highest BCUT2D eigenvalue weighted by molar-refractivity contribution is 6.06. The van der Waals surface area contributed by atoms with Crippen LogP contribution in [0.3, 0.4) is 0 Å². The zero-order chi connectivity index (χ0) is 18.5. The second-order valence-electron chi connectivity index (χ2n) is 6.15. The molecule has 0 heterocycles. The Hall–Kier alpha value is -2.32. The van der Waals surface area contributed by atoms with Crippen molar-refractivity contribution in [3.05, 3.63) is 41.6 Å². The molecule has 0 saturated heterocycles. The van der Waals surface area contributed by atoms with Crippen molar-refractivity contribution in [1.29, 1.82) is 5.26 Å². The van der Waals surface area contributed by atoms with Gasteiger partial charge < -0.3 is 15.4 Å². The minimum Gasteiger partial charge on any atom is -0.390 e. The van der Waals surface area contributed by atoms with Crippen molar-refractivity contribution in [3.8, 4) is 6.07 Å². The Morgan fingerprint density at radius 1 is 1.28 bits per heavy atom. The van der Waals surface area contributed by atoms with Crippen LogP contribution in [0, 0.1) is 11.3 Å². The summed E-state index contributed by atoms with van der Waals surface area (Å²) in [4.78, 5) is 12.1. The first-order valence-electron chi connectivity index (χ1n) is 8.92. The molecule has 0 aromatic heterocycles. The number of benzene rings is 1. The molecule has 0 saturated carbocycles. The minimum atomic E-state index is -0.408. The molecular formula is C20H29N3O2. The van der Waals surface area contributed by atoms with Crippen LogP contribution in [0.4, 0.5) is 5.69 Å². The van der Waals surface area contributed by atoms with Gasteiger partial charge >= 0.3 is 0 Å². The first-order valence-corrected chi connectivity index (χ1v) is 8.92. The molecular weight excluding hydrogens is 314 g/mol. The average molecular weight is 343 g/mol. The van der Waals surface area contributed by atoms with Gasteiger partial charge in [-0.05, 0) is 50.8 Å². The van der Waals surface area contributed by atoms with E-state index in [0.717, 1.165) is 25.7 Å². The summed E-state index contributed by atoms with van der Waals surface area (Å²) in [6, 6.07) is 9.68. The second kappa shape index (κ2) is 12.1. The summed E-state index contributed by atoms with van der Waals surface area (Å²) in [7, 11) is 0. The fourth-order valence-corrected chi connectivity index (χ4v) is 2.15. The van der Waals surface area contributed by atoms with Gasteiger partial charge in [-0.1, -0.05) is 25.5 Å². The summed E-state index contributed by atoms with van der Waals surface area (Å²) >= 11 is 0. The lowest BCUT2D eigenvalue weighted by Gasteiger charge is -2.08. The van der Waals surface area contributed by atoms with E-state index in [0.29, 0.717) is 18.8 Å². The monoisotopic (exact) mass is 343 g/mol. The van der Waals surface area contributed by atoms with Gasteiger partial charge in [0, 0.05) is 25.0 Å². The standard InChI is InChI=1S/C20H29N3O2/c1-4-5-7-17-8-10-19(11-9-17)23-20(24)18(14-21)15-22-12-6-13-25-16(2)3/h8-11,15-16,22H,4-7,12-13H2,1-3H3,(H,23,24)/b18-15-. The van der Waals surface area contributed by atoms with E-state index in [9.17, 15) is 4.79 Å². The molecule has 1 aromatic carbocycles. The largest absolute Gasteiger partial charge is 0.390 e. The van der Waals surface area contributed by atoms with Crippen molar-refractivity contribution in [2.24, 2.45) is 0 Å². The molecule has 0 fully saturated rings. The van der Waals surface area contributed by atoms with Gasteiger partial charge in [0.25, 0.3) is 5.91 Å². The van der Waals surface area contributed by atoms with Gasteiger partial charge in [0.2, 0.25) is 0 Å². The zero-order valence-corrected chi connectivity index (χ0v) is 15.5. The van der Waals surface area contributed by atoms with Crippen molar-refractivity contribution < 1.29 is 9.53 Å². The Morgan fingerprint density at radius 3 is 2.60 bits per heavy atom. The SMILES string of the molecule is CCCCc1ccc(NC(=O)/C(C#N)=C\NCCCOC(C)C)cc1. The van der Waals surface area contributed by atoms with Gasteiger partial charge in [-0.15, -0.1) is 0 Å². The Morgan fingerprint density at radius 2 is 2.00 bits per heavy atom. The summed E-state index contributed by atoms with van der Waals surface area (Å²) in [6.45, 7) is 7.44. The Bertz CT molecular complexity index is 586. The number of anilines is 1. The molecule has 5 heteroatoms. The van der Waals surface area contributed by atoms with Crippen molar-refractivity contribution >= 4 is 11.6 Å². The van der Waals surface area contributed by atoms with Crippen molar-refractivity contribution in [2.75, 3.05) is 18.5 Å². The Balaban J connectivity index is 2.44. The summed E-state index contributed by atoms with van der Waals surface area (Å²) in [5.74, 6) is -0.408. The number of aryl methyl sites for hydroxylation is 1. The van der Waals surface area contributed by atoms with Crippen LogP contribution in [0.5, 0.6) is 0 Å². The topological polar surface area (TPSA) is 74.2 Å². The van der Waals surface area contributed by atoms with Crippen LogP contribution in [0.1, 0.15) is 45.6 Å². The highest BCUT2D eigenvalue weighted by atomic mass is 16.5. The van der Waals surface area contributed by atoms with Gasteiger partial charge in [0.15, 0.2) is 0 Å². The second-order valence-corrected chi connectivity index (χ2v) is 6.15. The molecule has 0 aliphatic heterocycles. The molecule has 1 rings (SSSR count). The quantitative estimate of drug-likeness (QED) is 0.364. The molecule has 0 aliphatic rings. The predicted octanol–water partition coefficient (Wildman–Crippen LogP) is 3.78. The van der Waals surface area contributed by atoms with E-state index < -0.39 is 5.91 Å². The highest BCUT2D eigenvalue weighted by Gasteiger charge is 2.09. The number of rotatable bonds is 11. The number of hydrogen-bond acceptors (Lipinski definition) is 4. The van der Waals surface area contributed by atoms with Crippen LogP contribution < -0.4 is 10.6 Å². The van der Waals surface area contributed by atoms with Gasteiger partial charge in [-0.2, -0.15) is 5.26 Å². The third-order valence-corrected chi connectivity index (χ3v) is 3.56. The van der Waals surface area contributed by atoms with E-state index >= 15 is 0 Å². The van der Waals surface area contributed by atoms with Gasteiger partial charge in [-0.3, -0.25) is 4.79 Å². The highest BCUT2D eigenvalue weighted by Crippen LogP contribution is 2.12. The van der Waals surface area contributed by atoms with E-state index in [2.05, 4.69) is 17.6 Å². The van der Waals surface area contributed by atoms with Crippen molar-refractivity contribution in [3.63, 3.8) is 0 Å². The average Bonchev–Trinajstić information content (AvgIpc) is 2.60. The lowest BCUT2D eigenvalue weighted by atomic mass is 10.1. The van der Waals surface area contributed by atoms with E-state index in [4.69, 9.17) is 10.00 Å². The Labute approximate surface area is 151 Å². The van der Waals surface area contributed by atoms with E-state index in [1.165, 1.54) is 11.8 Å². The number of nitrogens with one attached hydrogen (secondary N) is 2. The maximum atomic E-state index is 12.1. The number of amides is 1. The third-order valence-electron chi connectivity index (χ3n) is 3.56. The number of carbonyl (C=O) groups excluding carboxylic acids is 1. The molecule has 5 nitrogen and oxygen atoms in total. The van der Waals surface area contributed by atoms with Crippen LogP contribution in [-0.4, -0.2) is 25.2 Å². The molecule has 25 heavy (non-hydrogen) atoms. The molecule has 0 radical (unpaired) electrons. The van der Waals surface area contributed by atoms with Crippen LogP contribution in [-0.2, 0) is 16.0 Å². The van der Waals surface area contributed by atoms with E-state index in [1.807, 2.05) is 44.2 Å². The lowest BCUT2D eigenvalue weighted by Crippen LogP contribution is -2.18. The number of carbonyl (C=O) groups is 1. The molecule has 1 amide bonds. The zero-order valence-electron chi connectivity index (χ0n) is 15.5. The summed E-state index contributed by atoms with van der Waals surface area (Å²) in [6.07, 6.45) is 5.84. The molecule has 0 bridgehead atoms.